The molecule has 2 heterocycles. The van der Waals surface area contributed by atoms with Crippen LogP contribution in [0.1, 0.15) is 17.3 Å². The van der Waals surface area contributed by atoms with Gasteiger partial charge in [0.05, 0.1) is 39.1 Å². The van der Waals surface area contributed by atoms with E-state index in [2.05, 4.69) is 4.98 Å². The third kappa shape index (κ3) is 4.09. The second kappa shape index (κ2) is 9.23. The van der Waals surface area contributed by atoms with E-state index in [1.165, 1.54) is 22.2 Å². The Morgan fingerprint density at radius 3 is 2.50 bits per heavy atom. The van der Waals surface area contributed by atoms with Crippen molar-refractivity contribution in [3.8, 4) is 28.4 Å². The lowest BCUT2D eigenvalue weighted by atomic mass is 10.1. The maximum atomic E-state index is 13.3. The number of methoxy groups -OCH3 is 2. The molecule has 32 heavy (non-hydrogen) atoms. The van der Waals surface area contributed by atoms with E-state index in [0.29, 0.717) is 39.6 Å². The first-order valence-corrected chi connectivity index (χ1v) is 10.9. The number of ketones is 1. The number of nitrogens with zero attached hydrogens (tertiary/aromatic N) is 2. The molecule has 0 aliphatic heterocycles. The number of fused-ring (bicyclic) bond motifs is 1. The van der Waals surface area contributed by atoms with Gasteiger partial charge in [0.25, 0.3) is 5.56 Å². The van der Waals surface area contributed by atoms with E-state index in [9.17, 15) is 9.59 Å². The zero-order valence-electron chi connectivity index (χ0n) is 18.0. The first-order chi connectivity index (χ1) is 15.5. The van der Waals surface area contributed by atoms with Gasteiger partial charge in [-0.05, 0) is 48.9 Å². The monoisotopic (exact) mass is 450 g/mol. The Hall–Kier alpha value is -3.65. The van der Waals surface area contributed by atoms with Crippen LogP contribution in [-0.2, 0) is 6.54 Å². The van der Waals surface area contributed by atoms with Crippen LogP contribution in [0.5, 0.6) is 17.2 Å². The smallest absolute Gasteiger partial charge is 0.263 e. The molecule has 8 heteroatoms. The summed E-state index contributed by atoms with van der Waals surface area (Å²) >= 11 is 1.38. The molecule has 2 aromatic carbocycles. The molecule has 0 saturated carbocycles. The average Bonchev–Trinajstić information content (AvgIpc) is 3.26. The highest BCUT2D eigenvalue weighted by atomic mass is 32.1. The summed E-state index contributed by atoms with van der Waals surface area (Å²) in [5, 5.41) is 2.36. The molecule has 0 amide bonds. The fourth-order valence-electron chi connectivity index (χ4n) is 3.45. The van der Waals surface area contributed by atoms with E-state index >= 15 is 0 Å². The van der Waals surface area contributed by atoms with Crippen LogP contribution in [0.25, 0.3) is 21.3 Å². The van der Waals surface area contributed by atoms with Crippen LogP contribution in [0, 0.1) is 0 Å². The fraction of sp³-hybridized carbons (Fsp3) is 0.208. The van der Waals surface area contributed by atoms with Gasteiger partial charge in [-0.1, -0.05) is 6.07 Å². The van der Waals surface area contributed by atoms with Crippen molar-refractivity contribution in [1.29, 1.82) is 0 Å². The Balaban J connectivity index is 1.68. The van der Waals surface area contributed by atoms with Gasteiger partial charge in [0.1, 0.15) is 10.6 Å². The standard InChI is InChI=1S/C24H22N2O5S/c1-4-31-17-8-5-15(6-9-17)19(27)12-26-14-25-23-22(24(26)28)18(13-32-23)16-7-10-20(29-2)21(11-16)30-3/h5-11,13-14H,4,12H2,1-3H3. The summed E-state index contributed by atoms with van der Waals surface area (Å²) in [7, 11) is 3.13. The largest absolute Gasteiger partial charge is 0.494 e. The SMILES string of the molecule is CCOc1ccc(C(=O)Cn2cnc3scc(-c4ccc(OC)c(OC)c4)c3c2=O)cc1. The number of hydrogen-bond donors (Lipinski definition) is 0. The predicted molar refractivity (Wildman–Crippen MR) is 124 cm³/mol. The van der Waals surface area contributed by atoms with Gasteiger partial charge in [-0.15, -0.1) is 11.3 Å². The topological polar surface area (TPSA) is 79.7 Å². The highest BCUT2D eigenvalue weighted by Gasteiger charge is 2.17. The van der Waals surface area contributed by atoms with Crippen LogP contribution in [0.4, 0.5) is 0 Å². The molecule has 2 aromatic heterocycles. The summed E-state index contributed by atoms with van der Waals surface area (Å²) in [5.41, 5.74) is 1.79. The van der Waals surface area contributed by atoms with E-state index in [1.807, 2.05) is 24.4 Å². The first kappa shape index (κ1) is 21.6. The van der Waals surface area contributed by atoms with Gasteiger partial charge in [0.2, 0.25) is 0 Å². The van der Waals surface area contributed by atoms with E-state index < -0.39 is 0 Å². The van der Waals surface area contributed by atoms with Crippen molar-refractivity contribution in [3.63, 3.8) is 0 Å². The minimum atomic E-state index is -0.264. The lowest BCUT2D eigenvalue weighted by Crippen LogP contribution is -2.24. The van der Waals surface area contributed by atoms with E-state index in [1.54, 1.807) is 44.6 Å². The molecule has 0 atom stereocenters. The molecule has 7 nitrogen and oxygen atoms in total. The van der Waals surface area contributed by atoms with Crippen LogP contribution in [0.2, 0.25) is 0 Å². The summed E-state index contributed by atoms with van der Waals surface area (Å²) in [4.78, 5) is 31.0. The van der Waals surface area contributed by atoms with Crippen LogP contribution in [-0.4, -0.2) is 36.2 Å². The average molecular weight is 451 g/mol. The predicted octanol–water partition coefficient (Wildman–Crippen LogP) is 4.42. The third-order valence-corrected chi connectivity index (χ3v) is 5.94. The van der Waals surface area contributed by atoms with Gasteiger partial charge >= 0.3 is 0 Å². The van der Waals surface area contributed by atoms with Gasteiger partial charge in [0, 0.05) is 16.5 Å². The number of rotatable bonds is 8. The van der Waals surface area contributed by atoms with Crippen molar-refractivity contribution in [3.05, 3.63) is 70.1 Å². The number of Topliss-reactive ketones (excluding diaryl/α,β-unsaturated/α-hetero) is 1. The number of ether oxygens (including phenoxy) is 3. The zero-order chi connectivity index (χ0) is 22.7. The maximum absolute atomic E-state index is 13.3. The molecule has 4 aromatic rings. The van der Waals surface area contributed by atoms with Gasteiger partial charge in [0.15, 0.2) is 17.3 Å². The Bertz CT molecular complexity index is 1320. The highest BCUT2D eigenvalue weighted by Crippen LogP contribution is 2.36. The lowest BCUT2D eigenvalue weighted by molar-refractivity contribution is 0.0970. The summed E-state index contributed by atoms with van der Waals surface area (Å²) < 4.78 is 17.4. The number of aromatic nitrogens is 2. The quantitative estimate of drug-likeness (QED) is 0.370. The van der Waals surface area contributed by atoms with Crippen molar-refractivity contribution in [2.45, 2.75) is 13.5 Å². The minimum Gasteiger partial charge on any atom is -0.494 e. The molecule has 164 valence electrons. The number of thiophene rings is 1. The molecular formula is C24H22N2O5S. The summed E-state index contributed by atoms with van der Waals surface area (Å²) in [5.74, 6) is 1.69. The Kier molecular flexibility index (Phi) is 6.23. The van der Waals surface area contributed by atoms with Crippen molar-refractivity contribution >= 4 is 27.3 Å². The van der Waals surface area contributed by atoms with Crippen LogP contribution in [0.15, 0.2) is 59.0 Å². The second-order valence-corrected chi connectivity index (χ2v) is 7.82. The molecule has 0 N–H and O–H groups in total. The third-order valence-electron chi connectivity index (χ3n) is 5.06. The van der Waals surface area contributed by atoms with Gasteiger partial charge in [-0.2, -0.15) is 0 Å². The second-order valence-electron chi connectivity index (χ2n) is 6.96. The molecule has 0 radical (unpaired) electrons. The Labute approximate surface area is 188 Å². The molecule has 0 bridgehead atoms. The number of carbonyl (C=O) groups is 1. The number of carbonyl (C=O) groups excluding carboxylic acids is 1. The Morgan fingerprint density at radius 2 is 1.81 bits per heavy atom. The summed E-state index contributed by atoms with van der Waals surface area (Å²) in [6, 6.07) is 12.4. The summed E-state index contributed by atoms with van der Waals surface area (Å²) in [6.07, 6.45) is 1.42. The van der Waals surface area contributed by atoms with Crippen LogP contribution < -0.4 is 19.8 Å². The fourth-order valence-corrected chi connectivity index (χ4v) is 4.35. The van der Waals surface area contributed by atoms with Crippen molar-refractivity contribution < 1.29 is 19.0 Å². The first-order valence-electron chi connectivity index (χ1n) is 10.0. The van der Waals surface area contributed by atoms with Gasteiger partial charge in [-0.3, -0.25) is 14.2 Å². The Morgan fingerprint density at radius 1 is 1.06 bits per heavy atom. The minimum absolute atomic E-state index is 0.100. The van der Waals surface area contributed by atoms with Gasteiger partial charge in [-0.25, -0.2) is 4.98 Å². The zero-order valence-corrected chi connectivity index (χ0v) is 18.8. The molecule has 4 rings (SSSR count). The van der Waals surface area contributed by atoms with E-state index in [-0.39, 0.29) is 17.9 Å². The van der Waals surface area contributed by atoms with E-state index in [4.69, 9.17) is 14.2 Å². The van der Waals surface area contributed by atoms with Crippen molar-refractivity contribution in [2.24, 2.45) is 0 Å². The van der Waals surface area contributed by atoms with Gasteiger partial charge < -0.3 is 14.2 Å². The van der Waals surface area contributed by atoms with E-state index in [0.717, 1.165) is 11.1 Å². The summed E-state index contributed by atoms with van der Waals surface area (Å²) in [6.45, 7) is 2.35. The molecule has 0 saturated heterocycles. The van der Waals surface area contributed by atoms with Crippen LogP contribution in [0.3, 0.4) is 0 Å². The molecule has 0 aliphatic carbocycles. The van der Waals surface area contributed by atoms with Crippen LogP contribution >= 0.6 is 11.3 Å². The van der Waals surface area contributed by atoms with Crippen molar-refractivity contribution in [1.82, 2.24) is 9.55 Å². The number of hydrogen-bond acceptors (Lipinski definition) is 7. The lowest BCUT2D eigenvalue weighted by Gasteiger charge is -2.10. The molecule has 0 unspecified atom stereocenters. The van der Waals surface area contributed by atoms with Crippen molar-refractivity contribution in [2.75, 3.05) is 20.8 Å². The number of benzene rings is 2. The molecule has 0 spiro atoms. The molecule has 0 fully saturated rings. The molecular weight excluding hydrogens is 428 g/mol. The highest BCUT2D eigenvalue weighted by molar-refractivity contribution is 7.17. The maximum Gasteiger partial charge on any atom is 0.263 e. The normalized spacial score (nSPS) is 10.8. The molecule has 0 aliphatic rings.